The largest absolute Gasteiger partial charge is 0.481 e. The van der Waals surface area contributed by atoms with E-state index < -0.39 is 29.8 Å². The molecule has 14 N–H and O–H groups in total. The second-order valence-corrected chi connectivity index (χ2v) is 2.60. The highest BCUT2D eigenvalue weighted by atomic mass is 16.4. The maximum absolute atomic E-state index is 9.00. The smallest absolute Gasteiger partial charge is 0.300 e. The minimum atomic E-state index is -0.833. The summed E-state index contributed by atoms with van der Waals surface area (Å²) in [6.07, 6.45) is 0. The summed E-state index contributed by atoms with van der Waals surface area (Å²) in [5, 5.41) is 37.1. The van der Waals surface area contributed by atoms with Crippen LogP contribution in [0.3, 0.4) is 0 Å². The Hall–Kier alpha value is -3.29. The summed E-state index contributed by atoms with van der Waals surface area (Å²) in [7, 11) is 0. The molecule has 27 heavy (non-hydrogen) atoms. The normalized spacial score (nSPS) is 4.93. The number of hydrogen-bond acceptors (Lipinski definition) is 8. The van der Waals surface area contributed by atoms with E-state index >= 15 is 0 Å². The number of hydrogen-bond donors (Lipinski definition) is 8. The minimum absolute atomic E-state index is 0. The second-order valence-electron chi connectivity index (χ2n) is 2.60. The van der Waals surface area contributed by atoms with Crippen LogP contribution >= 0.6 is 0 Å². The molecule has 13 heteroatoms. The first-order valence-electron chi connectivity index (χ1n) is 5.64. The molecule has 0 atom stereocenters. The average Bonchev–Trinajstić information content (AvgIpc) is 2.29. The van der Waals surface area contributed by atoms with Crippen LogP contribution in [0.25, 0.3) is 0 Å². The summed E-state index contributed by atoms with van der Waals surface area (Å²) < 4.78 is 0. The summed E-state index contributed by atoms with van der Waals surface area (Å²) in [4.78, 5) is 45.0. The van der Waals surface area contributed by atoms with Crippen molar-refractivity contribution in [3.63, 3.8) is 0 Å². The predicted molar refractivity (Wildman–Crippen MR) is 104 cm³/mol. The van der Waals surface area contributed by atoms with Crippen molar-refractivity contribution >= 4 is 29.8 Å². The van der Waals surface area contributed by atoms with Crippen molar-refractivity contribution < 1.29 is 49.5 Å². The Morgan fingerprint density at radius 2 is 0.407 bits per heavy atom. The van der Waals surface area contributed by atoms with Crippen LogP contribution in [0.5, 0.6) is 0 Å². The lowest BCUT2D eigenvalue weighted by molar-refractivity contribution is -0.135. The van der Waals surface area contributed by atoms with E-state index in [1.54, 1.807) is 0 Å². The molecule has 0 unspecified atom stereocenters. The zero-order chi connectivity index (χ0) is 21.9. The molecule has 0 aliphatic rings. The topological polar surface area (TPSA) is 292 Å². The Morgan fingerprint density at radius 1 is 0.407 bits per heavy atom. The molecule has 0 radical (unpaired) electrons. The molecule has 0 aromatic carbocycles. The summed E-state index contributed by atoms with van der Waals surface area (Å²) >= 11 is 0. The Kier molecular flexibility index (Phi) is 188. The SMILES string of the molecule is C=C.C=C.CC(=O)O.CC(=O)O.CC(=O)O.CC(=O)O.CC(=O)O.N.N.N. The van der Waals surface area contributed by atoms with E-state index in [0.717, 1.165) is 34.6 Å². The summed E-state index contributed by atoms with van der Waals surface area (Å²) in [6.45, 7) is 17.4. The molecule has 0 aliphatic carbocycles. The van der Waals surface area contributed by atoms with Gasteiger partial charge in [0.05, 0.1) is 0 Å². The molecular weight excluding hydrogens is 370 g/mol. The van der Waals surface area contributed by atoms with Gasteiger partial charge < -0.3 is 44.0 Å². The van der Waals surface area contributed by atoms with E-state index in [1.165, 1.54) is 0 Å². The van der Waals surface area contributed by atoms with Crippen LogP contribution in [0, 0.1) is 0 Å². The molecule has 0 spiro atoms. The third-order valence-electron chi connectivity index (χ3n) is 0. The van der Waals surface area contributed by atoms with Crippen molar-refractivity contribution in [3.8, 4) is 0 Å². The van der Waals surface area contributed by atoms with E-state index in [1.807, 2.05) is 0 Å². The van der Waals surface area contributed by atoms with E-state index in [-0.39, 0.29) is 18.5 Å². The molecular formula is C14H37N3O10. The summed E-state index contributed by atoms with van der Waals surface area (Å²) in [5.41, 5.74) is 0. The van der Waals surface area contributed by atoms with Crippen LogP contribution in [0.4, 0.5) is 0 Å². The maximum atomic E-state index is 9.00. The van der Waals surface area contributed by atoms with Crippen molar-refractivity contribution in [1.29, 1.82) is 0 Å². The number of carboxylic acids is 5. The Morgan fingerprint density at radius 3 is 0.407 bits per heavy atom. The molecule has 13 nitrogen and oxygen atoms in total. The molecule has 0 saturated heterocycles. The highest BCUT2D eigenvalue weighted by Gasteiger charge is 1.66. The fourth-order valence-electron chi connectivity index (χ4n) is 0. The molecule has 0 saturated carbocycles. The summed E-state index contributed by atoms with van der Waals surface area (Å²) in [5.74, 6) is -4.17. The first-order chi connectivity index (χ1) is 10.7. The van der Waals surface area contributed by atoms with Gasteiger partial charge in [0.1, 0.15) is 0 Å². The van der Waals surface area contributed by atoms with E-state index in [0.29, 0.717) is 0 Å². The predicted octanol–water partition coefficient (Wildman–Crippen LogP) is 2.54. The lowest BCUT2D eigenvalue weighted by Gasteiger charge is -1.59. The Bertz CT molecular complexity index is 245. The van der Waals surface area contributed by atoms with Crippen LogP contribution in [0.15, 0.2) is 26.3 Å². The fourth-order valence-corrected chi connectivity index (χ4v) is 0. The zero-order valence-electron chi connectivity index (χ0n) is 16.7. The van der Waals surface area contributed by atoms with Gasteiger partial charge >= 0.3 is 0 Å². The van der Waals surface area contributed by atoms with E-state index in [9.17, 15) is 0 Å². The van der Waals surface area contributed by atoms with Crippen molar-refractivity contribution in [2.24, 2.45) is 0 Å². The van der Waals surface area contributed by atoms with Gasteiger partial charge in [-0.25, -0.2) is 0 Å². The van der Waals surface area contributed by atoms with Crippen molar-refractivity contribution in [3.05, 3.63) is 26.3 Å². The Balaban J connectivity index is -0.0000000156. The molecule has 0 rings (SSSR count). The third-order valence-corrected chi connectivity index (χ3v) is 0. The van der Waals surface area contributed by atoms with Crippen molar-refractivity contribution in [1.82, 2.24) is 18.5 Å². The fraction of sp³-hybridized carbons (Fsp3) is 0.357. The average molecular weight is 407 g/mol. The third kappa shape index (κ3) is 900. The van der Waals surface area contributed by atoms with Gasteiger partial charge in [0.25, 0.3) is 29.8 Å². The van der Waals surface area contributed by atoms with Gasteiger partial charge in [-0.05, 0) is 0 Å². The van der Waals surface area contributed by atoms with Crippen LogP contribution in [0.1, 0.15) is 34.6 Å². The Labute approximate surface area is 159 Å². The number of carbonyl (C=O) groups is 5. The number of carboxylic acid groups (broad SMARTS) is 5. The van der Waals surface area contributed by atoms with E-state index in [4.69, 9.17) is 49.5 Å². The first-order valence-corrected chi connectivity index (χ1v) is 5.64. The molecule has 0 aliphatic heterocycles. The van der Waals surface area contributed by atoms with Crippen molar-refractivity contribution in [2.45, 2.75) is 34.6 Å². The maximum Gasteiger partial charge on any atom is 0.300 e. The van der Waals surface area contributed by atoms with Gasteiger partial charge in [-0.1, -0.05) is 0 Å². The van der Waals surface area contributed by atoms with Gasteiger partial charge in [-0.2, -0.15) is 0 Å². The molecule has 0 amide bonds. The lowest BCUT2D eigenvalue weighted by atomic mass is 10.9. The minimum Gasteiger partial charge on any atom is -0.481 e. The van der Waals surface area contributed by atoms with Gasteiger partial charge in [-0.3, -0.25) is 24.0 Å². The van der Waals surface area contributed by atoms with Crippen LogP contribution < -0.4 is 18.5 Å². The molecule has 0 aromatic rings. The van der Waals surface area contributed by atoms with Gasteiger partial charge in [0, 0.05) is 34.6 Å². The highest BCUT2D eigenvalue weighted by molar-refractivity contribution is 5.63. The van der Waals surface area contributed by atoms with Gasteiger partial charge in [0.15, 0.2) is 0 Å². The molecule has 0 heterocycles. The highest BCUT2D eigenvalue weighted by Crippen LogP contribution is 1.43. The monoisotopic (exact) mass is 407 g/mol. The van der Waals surface area contributed by atoms with Gasteiger partial charge in [-0.15, -0.1) is 26.3 Å². The van der Waals surface area contributed by atoms with Crippen LogP contribution in [-0.2, 0) is 24.0 Å². The zero-order valence-corrected chi connectivity index (χ0v) is 16.7. The van der Waals surface area contributed by atoms with Crippen molar-refractivity contribution in [2.75, 3.05) is 0 Å². The van der Waals surface area contributed by atoms with Crippen LogP contribution in [-0.4, -0.2) is 55.4 Å². The molecule has 0 fully saturated rings. The first kappa shape index (κ1) is 65.1. The molecule has 0 bridgehead atoms. The standard InChI is InChI=1S/5C2H4O2.2C2H4.3H3N/c5*1-2(3)4;2*1-2;;;/h5*1H3,(H,3,4);2*1-2H2;3*1H3. The van der Waals surface area contributed by atoms with Gasteiger partial charge in [0.2, 0.25) is 0 Å². The number of aliphatic carboxylic acids is 5. The summed E-state index contributed by atoms with van der Waals surface area (Å²) in [6, 6.07) is 0. The second kappa shape index (κ2) is 78.1. The van der Waals surface area contributed by atoms with Crippen LogP contribution in [0.2, 0.25) is 0 Å². The van der Waals surface area contributed by atoms with E-state index in [2.05, 4.69) is 26.3 Å². The molecule has 0 aromatic heterocycles. The molecule has 168 valence electrons. The lowest BCUT2D eigenvalue weighted by Crippen LogP contribution is -1.78. The quantitative estimate of drug-likeness (QED) is 0.268. The number of rotatable bonds is 0.